The van der Waals surface area contributed by atoms with E-state index in [1.54, 1.807) is 0 Å². The Morgan fingerprint density at radius 2 is 0.903 bits per heavy atom. The van der Waals surface area contributed by atoms with E-state index in [0.29, 0.717) is 25.7 Å². The number of carboxylic acid groups (broad SMARTS) is 2. The Labute approximate surface area is 208 Å². The number of hydrogen-bond acceptors (Lipinski definition) is 8. The van der Waals surface area contributed by atoms with Crippen LogP contribution in [0.15, 0.2) is 0 Å². The van der Waals surface area contributed by atoms with Crippen molar-refractivity contribution in [2.45, 2.75) is 63.5 Å². The predicted octanol–water partition coefficient (Wildman–Crippen LogP) is -3.16. The molecular formula is C20H24CaN2O8. The third-order valence-electron chi connectivity index (χ3n) is 6.55. The maximum atomic E-state index is 11.7. The molecular weight excluding hydrogens is 436 g/mol. The van der Waals surface area contributed by atoms with Crippen molar-refractivity contribution in [1.29, 1.82) is 0 Å². The van der Waals surface area contributed by atoms with E-state index in [0.717, 1.165) is 25.7 Å². The summed E-state index contributed by atoms with van der Waals surface area (Å²) in [4.78, 5) is 67.8. The molecule has 31 heavy (non-hydrogen) atoms. The van der Waals surface area contributed by atoms with Crippen LogP contribution in [0.2, 0.25) is 0 Å². The minimum absolute atomic E-state index is 0. The van der Waals surface area contributed by atoms with Crippen LogP contribution in [-0.4, -0.2) is 85.1 Å². The Kier molecular flexibility index (Phi) is 9.03. The van der Waals surface area contributed by atoms with Crippen LogP contribution in [0.25, 0.3) is 0 Å². The molecule has 4 rings (SSSR count). The fraction of sp³-hybridized carbons (Fsp3) is 0.700. The van der Waals surface area contributed by atoms with Crippen molar-refractivity contribution >= 4 is 73.1 Å². The Morgan fingerprint density at radius 1 is 0.613 bits per heavy atom. The minimum Gasteiger partial charge on any atom is -0.547 e. The molecule has 0 aromatic carbocycles. The summed E-state index contributed by atoms with van der Waals surface area (Å²) in [5, 5.41) is 25.7. The van der Waals surface area contributed by atoms with Crippen LogP contribution in [0.4, 0.5) is 0 Å². The van der Waals surface area contributed by atoms with Gasteiger partial charge in [0.15, 0.2) is 11.6 Å². The maximum Gasteiger partial charge on any atom is 2.00 e. The number of carboxylic acids is 2. The number of amides is 2. The van der Waals surface area contributed by atoms with E-state index in [4.69, 9.17) is 0 Å². The monoisotopic (exact) mass is 460 g/mol. The van der Waals surface area contributed by atoms with Crippen molar-refractivity contribution in [3.63, 3.8) is 0 Å². The molecule has 2 amide bonds. The van der Waals surface area contributed by atoms with Gasteiger partial charge in [0, 0.05) is 23.7 Å². The number of piperidine rings is 2. The fourth-order valence-electron chi connectivity index (χ4n) is 4.99. The van der Waals surface area contributed by atoms with E-state index in [1.165, 1.54) is 0 Å². The Bertz CT molecular complexity index is 721. The summed E-state index contributed by atoms with van der Waals surface area (Å²) in [5.41, 5.74) is 0. The van der Waals surface area contributed by atoms with Gasteiger partial charge in [-0.2, -0.15) is 0 Å². The summed E-state index contributed by atoms with van der Waals surface area (Å²) >= 11 is 0. The summed E-state index contributed by atoms with van der Waals surface area (Å²) in [6.07, 6.45) is 6.25. The number of nitrogens with one attached hydrogen (secondary N) is 2. The van der Waals surface area contributed by atoms with Gasteiger partial charge in [-0.05, 0) is 25.7 Å². The number of hydrogen-bond donors (Lipinski definition) is 2. The summed E-state index contributed by atoms with van der Waals surface area (Å²) in [6, 6.07) is -2.87. The average Bonchev–Trinajstić information content (AvgIpc) is 2.73. The van der Waals surface area contributed by atoms with Crippen molar-refractivity contribution in [1.82, 2.24) is 10.6 Å². The molecule has 6 unspecified atom stereocenters. The molecule has 2 heterocycles. The first kappa shape index (κ1) is 25.7. The Hall–Kier alpha value is -1.52. The number of rotatable bonds is 2. The van der Waals surface area contributed by atoms with E-state index >= 15 is 0 Å². The Morgan fingerprint density at radius 3 is 1.19 bits per heavy atom. The molecule has 164 valence electrons. The van der Waals surface area contributed by atoms with E-state index < -0.39 is 35.9 Å². The maximum absolute atomic E-state index is 11.7. The third-order valence-corrected chi connectivity index (χ3v) is 6.55. The normalized spacial score (nSPS) is 34.5. The Balaban J connectivity index is 0.000000213. The number of Topliss-reactive ketones (excluding diaryl/α,β-unsaturated/α-hetero) is 2. The second kappa shape index (κ2) is 10.9. The number of carbonyl (C=O) groups is 6. The second-order valence-corrected chi connectivity index (χ2v) is 8.32. The zero-order valence-corrected chi connectivity index (χ0v) is 19.3. The first-order valence-corrected chi connectivity index (χ1v) is 10.3. The number of fused-ring (bicyclic) bond motifs is 2. The van der Waals surface area contributed by atoms with E-state index in [1.807, 2.05) is 0 Å². The van der Waals surface area contributed by atoms with Crippen LogP contribution in [0.1, 0.15) is 51.4 Å². The van der Waals surface area contributed by atoms with Crippen LogP contribution < -0.4 is 20.8 Å². The van der Waals surface area contributed by atoms with Gasteiger partial charge in [-0.3, -0.25) is 19.2 Å². The molecule has 2 aliphatic carbocycles. The van der Waals surface area contributed by atoms with Crippen LogP contribution in [0.5, 0.6) is 0 Å². The van der Waals surface area contributed by atoms with Crippen LogP contribution >= 0.6 is 0 Å². The first-order valence-electron chi connectivity index (χ1n) is 10.3. The number of carbonyl (C=O) groups excluding carboxylic acids is 6. The van der Waals surface area contributed by atoms with E-state index in [9.17, 15) is 39.0 Å². The van der Waals surface area contributed by atoms with Gasteiger partial charge in [0.1, 0.15) is 12.1 Å². The summed E-state index contributed by atoms with van der Waals surface area (Å²) in [6.45, 7) is 0. The molecule has 0 aromatic heterocycles. The van der Waals surface area contributed by atoms with Crippen LogP contribution in [-0.2, 0) is 28.8 Å². The minimum atomic E-state index is -1.50. The molecule has 2 aliphatic heterocycles. The van der Waals surface area contributed by atoms with Gasteiger partial charge in [0.05, 0.1) is 11.9 Å². The SMILES string of the molecule is O=C([O-])C1NC(=O)C2CCCCC2C1=O.O=C([O-])C1NC(=O)C2CCCCC2C1=O.[Ca+2]. The van der Waals surface area contributed by atoms with Gasteiger partial charge in [0.25, 0.3) is 0 Å². The molecule has 2 saturated carbocycles. The van der Waals surface area contributed by atoms with Gasteiger partial charge < -0.3 is 30.4 Å². The van der Waals surface area contributed by atoms with Crippen molar-refractivity contribution in [2.24, 2.45) is 23.7 Å². The smallest absolute Gasteiger partial charge is 0.547 e. The molecule has 0 bridgehead atoms. The molecule has 2 N–H and O–H groups in total. The van der Waals surface area contributed by atoms with Gasteiger partial charge in [-0.15, -0.1) is 0 Å². The third kappa shape index (κ3) is 5.46. The second-order valence-electron chi connectivity index (χ2n) is 8.32. The van der Waals surface area contributed by atoms with Gasteiger partial charge >= 0.3 is 37.7 Å². The topological polar surface area (TPSA) is 173 Å². The number of aliphatic carboxylic acids is 2. The van der Waals surface area contributed by atoms with Crippen LogP contribution in [0, 0.1) is 23.7 Å². The molecule has 10 nitrogen and oxygen atoms in total. The molecule has 4 aliphatic rings. The van der Waals surface area contributed by atoms with E-state index in [2.05, 4.69) is 10.6 Å². The first-order chi connectivity index (χ1) is 14.2. The van der Waals surface area contributed by atoms with Crippen molar-refractivity contribution in [3.05, 3.63) is 0 Å². The standard InChI is InChI=1S/2C10H13NO4.Ca/c2*12-8-5-3-1-2-4-6(5)9(13)11-7(8)10(14)15;/h2*5-7H,1-4H2,(H,11,13)(H,14,15);/q;;+2/p-2. The average molecular weight is 460 g/mol. The molecule has 11 heteroatoms. The van der Waals surface area contributed by atoms with Crippen LogP contribution in [0.3, 0.4) is 0 Å². The van der Waals surface area contributed by atoms with Crippen molar-refractivity contribution in [2.75, 3.05) is 0 Å². The fourth-order valence-corrected chi connectivity index (χ4v) is 4.99. The van der Waals surface area contributed by atoms with Gasteiger partial charge in [-0.1, -0.05) is 25.7 Å². The molecule has 0 spiro atoms. The van der Waals surface area contributed by atoms with E-state index in [-0.39, 0.29) is 73.0 Å². The number of ketones is 2. The molecule has 6 atom stereocenters. The molecule has 2 saturated heterocycles. The molecule has 4 fully saturated rings. The molecule has 0 aromatic rings. The van der Waals surface area contributed by atoms with Crippen molar-refractivity contribution in [3.8, 4) is 0 Å². The van der Waals surface area contributed by atoms with Gasteiger partial charge in [0.2, 0.25) is 11.8 Å². The zero-order chi connectivity index (χ0) is 22.0. The van der Waals surface area contributed by atoms with Gasteiger partial charge in [-0.25, -0.2) is 0 Å². The molecule has 0 radical (unpaired) electrons. The predicted molar refractivity (Wildman–Crippen MR) is 101 cm³/mol. The van der Waals surface area contributed by atoms with Crippen molar-refractivity contribution < 1.29 is 39.0 Å². The quantitative estimate of drug-likeness (QED) is 0.321. The largest absolute Gasteiger partial charge is 2.00 e. The summed E-state index contributed by atoms with van der Waals surface area (Å²) < 4.78 is 0. The zero-order valence-electron chi connectivity index (χ0n) is 17.1. The summed E-state index contributed by atoms with van der Waals surface area (Å²) in [5.74, 6) is -5.86. The summed E-state index contributed by atoms with van der Waals surface area (Å²) in [7, 11) is 0.